The molecule has 0 radical (unpaired) electrons. The molecule has 63 heavy (non-hydrogen) atoms. The number of aliphatic hydroxyl groups excluding tert-OH is 2. The van der Waals surface area contributed by atoms with Crippen LogP contribution in [0.4, 0.5) is 0 Å². The molecule has 0 aromatic rings. The number of rotatable bonds is 50. The maximum absolute atomic E-state index is 13.2. The highest BCUT2D eigenvalue weighted by Crippen LogP contribution is 2.18. The minimum Gasteiger partial charge on any atom is -0.462 e. The van der Waals surface area contributed by atoms with E-state index in [9.17, 15) is 19.8 Å². The number of esters is 1. The number of ether oxygens (including phenoxy) is 1. The number of allylic oxidation sites excluding steroid dienone is 6. The van der Waals surface area contributed by atoms with Gasteiger partial charge in [-0.05, 0) is 77.0 Å². The summed E-state index contributed by atoms with van der Waals surface area (Å²) >= 11 is 0. The van der Waals surface area contributed by atoms with E-state index < -0.39 is 18.2 Å². The van der Waals surface area contributed by atoms with Crippen LogP contribution in [0.3, 0.4) is 0 Å². The van der Waals surface area contributed by atoms with Gasteiger partial charge in [0.25, 0.3) is 0 Å². The second kappa shape index (κ2) is 51.1. The summed E-state index contributed by atoms with van der Waals surface area (Å²) in [6.45, 7) is 6.48. The molecule has 0 aliphatic rings. The summed E-state index contributed by atoms with van der Waals surface area (Å²) in [5.74, 6) is -0.499. The highest BCUT2D eigenvalue weighted by atomic mass is 16.5. The van der Waals surface area contributed by atoms with E-state index in [0.717, 1.165) is 77.0 Å². The predicted octanol–water partition coefficient (Wildman–Crippen LogP) is 16.8. The van der Waals surface area contributed by atoms with Crippen LogP contribution in [-0.4, -0.2) is 46.9 Å². The first-order valence-corrected chi connectivity index (χ1v) is 27.7. The summed E-state index contributed by atoms with van der Waals surface area (Å²) in [6.07, 6.45) is 60.6. The van der Waals surface area contributed by atoms with Crippen LogP contribution in [-0.2, 0) is 14.3 Å². The molecule has 1 amide bonds. The fourth-order valence-electron chi connectivity index (χ4n) is 8.48. The quantitative estimate of drug-likeness (QED) is 0.0245. The van der Waals surface area contributed by atoms with Crippen LogP contribution in [0.2, 0.25) is 0 Å². The van der Waals surface area contributed by atoms with Gasteiger partial charge in [-0.2, -0.15) is 0 Å². The number of amides is 1. The van der Waals surface area contributed by atoms with Gasteiger partial charge >= 0.3 is 5.97 Å². The van der Waals surface area contributed by atoms with E-state index in [1.165, 1.54) is 167 Å². The zero-order valence-electron chi connectivity index (χ0n) is 42.2. The van der Waals surface area contributed by atoms with Crippen LogP contribution in [0, 0.1) is 0 Å². The van der Waals surface area contributed by atoms with Gasteiger partial charge in [-0.3, -0.25) is 9.59 Å². The van der Waals surface area contributed by atoms with Gasteiger partial charge in [0.15, 0.2) is 0 Å². The van der Waals surface area contributed by atoms with Crippen LogP contribution >= 0.6 is 0 Å². The minimum atomic E-state index is -0.794. The van der Waals surface area contributed by atoms with Crippen LogP contribution in [0.1, 0.15) is 290 Å². The Hall–Kier alpha value is -1.92. The van der Waals surface area contributed by atoms with Gasteiger partial charge in [0.1, 0.15) is 6.10 Å². The number of hydrogen-bond donors (Lipinski definition) is 3. The lowest BCUT2D eigenvalue weighted by molar-refractivity contribution is -0.151. The van der Waals surface area contributed by atoms with Crippen LogP contribution < -0.4 is 5.32 Å². The van der Waals surface area contributed by atoms with Crippen molar-refractivity contribution < 1.29 is 24.5 Å². The van der Waals surface area contributed by atoms with E-state index in [1.807, 2.05) is 0 Å². The molecule has 0 aromatic carbocycles. The third kappa shape index (κ3) is 46.4. The molecule has 0 aliphatic heterocycles. The van der Waals surface area contributed by atoms with E-state index in [1.54, 1.807) is 0 Å². The van der Waals surface area contributed by atoms with E-state index >= 15 is 0 Å². The fourth-order valence-corrected chi connectivity index (χ4v) is 8.48. The first kappa shape index (κ1) is 61.1. The molecule has 0 aliphatic carbocycles. The van der Waals surface area contributed by atoms with E-state index in [4.69, 9.17) is 4.74 Å². The van der Waals surface area contributed by atoms with Crippen molar-refractivity contribution in [3.63, 3.8) is 0 Å². The van der Waals surface area contributed by atoms with E-state index in [-0.39, 0.29) is 24.9 Å². The Kier molecular flexibility index (Phi) is 49.5. The highest BCUT2D eigenvalue weighted by molar-refractivity contribution is 5.77. The number of unbranched alkanes of at least 4 members (excludes halogenated alkanes) is 33. The average molecular weight is 886 g/mol. The number of nitrogens with one attached hydrogen (secondary N) is 1. The molecular weight excluding hydrogens is 779 g/mol. The van der Waals surface area contributed by atoms with Gasteiger partial charge in [-0.15, -0.1) is 0 Å². The molecule has 0 spiro atoms. The molecule has 370 valence electrons. The third-order valence-electron chi connectivity index (χ3n) is 12.7. The first-order chi connectivity index (χ1) is 31.0. The Bertz CT molecular complexity index is 1040. The smallest absolute Gasteiger partial charge is 0.306 e. The lowest BCUT2D eigenvalue weighted by atomic mass is 10.0. The molecule has 3 N–H and O–H groups in total. The van der Waals surface area contributed by atoms with Crippen molar-refractivity contribution in [1.29, 1.82) is 0 Å². The fraction of sp³-hybridized carbons (Fsp3) is 0.860. The van der Waals surface area contributed by atoms with Gasteiger partial charge < -0.3 is 20.3 Å². The largest absolute Gasteiger partial charge is 0.462 e. The summed E-state index contributed by atoms with van der Waals surface area (Å²) in [4.78, 5) is 26.2. The van der Waals surface area contributed by atoms with Gasteiger partial charge in [-0.1, -0.05) is 237 Å². The number of hydrogen-bond acceptors (Lipinski definition) is 5. The Labute approximate surface area is 392 Å². The molecule has 0 bridgehead atoms. The lowest BCUT2D eigenvalue weighted by Crippen LogP contribution is -2.46. The van der Waals surface area contributed by atoms with E-state index in [0.29, 0.717) is 19.3 Å². The molecule has 0 fully saturated rings. The van der Waals surface area contributed by atoms with Gasteiger partial charge in [0, 0.05) is 6.42 Å². The molecule has 0 heterocycles. The second-order valence-corrected chi connectivity index (χ2v) is 19.0. The van der Waals surface area contributed by atoms with Crippen LogP contribution in [0.25, 0.3) is 0 Å². The van der Waals surface area contributed by atoms with Crippen molar-refractivity contribution in [2.24, 2.45) is 0 Å². The summed E-state index contributed by atoms with van der Waals surface area (Å²) in [6, 6.07) is -0.710. The van der Waals surface area contributed by atoms with Crippen molar-refractivity contribution in [3.8, 4) is 0 Å². The van der Waals surface area contributed by atoms with Crippen molar-refractivity contribution >= 4 is 11.9 Å². The van der Waals surface area contributed by atoms with Crippen molar-refractivity contribution in [3.05, 3.63) is 36.5 Å². The SMILES string of the molecule is CCCCCCCCC/C=C/C=C/CCCCCC(CC(=O)NC(CO)C(O)CCCCCCCCCCCCCC)OC(=O)CCCCCCC/C=C/CCCCCCCCC. The third-order valence-corrected chi connectivity index (χ3v) is 12.7. The molecule has 0 saturated carbocycles. The zero-order chi connectivity index (χ0) is 45.9. The molecule has 0 saturated heterocycles. The highest BCUT2D eigenvalue weighted by Gasteiger charge is 2.24. The monoisotopic (exact) mass is 886 g/mol. The minimum absolute atomic E-state index is 0.0590. The van der Waals surface area contributed by atoms with Gasteiger partial charge in [-0.25, -0.2) is 0 Å². The van der Waals surface area contributed by atoms with Crippen molar-refractivity contribution in [2.75, 3.05) is 6.61 Å². The topological polar surface area (TPSA) is 95.9 Å². The molecule has 3 atom stereocenters. The van der Waals surface area contributed by atoms with Gasteiger partial charge in [0.2, 0.25) is 5.91 Å². The normalized spacial score (nSPS) is 13.4. The zero-order valence-corrected chi connectivity index (χ0v) is 42.2. The number of aliphatic hydroxyl groups is 2. The standard InChI is InChI=1S/C57H107NO5/c1-4-7-10-13-16-19-22-25-27-29-31-33-36-39-42-45-48-53(63-57(62)50-47-44-41-38-35-32-30-28-26-23-20-17-14-11-8-5-2)51-56(61)58-54(52-59)55(60)49-46-43-40-37-34-24-21-18-15-12-9-6-3/h27-31,33,53-55,59-60H,4-26,32,34-52H2,1-3H3,(H,58,61)/b29-27+,30-28+,33-31+. The maximum atomic E-state index is 13.2. The summed E-state index contributed by atoms with van der Waals surface area (Å²) in [5, 5.41) is 23.8. The molecule has 3 unspecified atom stereocenters. The van der Waals surface area contributed by atoms with Crippen LogP contribution in [0.15, 0.2) is 36.5 Å². The summed E-state index contributed by atoms with van der Waals surface area (Å²) in [7, 11) is 0. The number of carbonyl (C=O) groups excluding carboxylic acids is 2. The van der Waals surface area contributed by atoms with Gasteiger partial charge in [0.05, 0.1) is 25.2 Å². The second-order valence-electron chi connectivity index (χ2n) is 19.0. The maximum Gasteiger partial charge on any atom is 0.306 e. The Morgan fingerprint density at radius 2 is 0.810 bits per heavy atom. The molecule has 0 rings (SSSR count). The Morgan fingerprint density at radius 3 is 1.24 bits per heavy atom. The van der Waals surface area contributed by atoms with Crippen molar-refractivity contribution in [1.82, 2.24) is 5.32 Å². The molecular formula is C57H107NO5. The molecule has 6 nitrogen and oxygen atoms in total. The summed E-state index contributed by atoms with van der Waals surface area (Å²) in [5.41, 5.74) is 0. The van der Waals surface area contributed by atoms with E-state index in [2.05, 4.69) is 62.5 Å². The van der Waals surface area contributed by atoms with Crippen LogP contribution in [0.5, 0.6) is 0 Å². The Morgan fingerprint density at radius 1 is 0.460 bits per heavy atom. The lowest BCUT2D eigenvalue weighted by Gasteiger charge is -2.24. The average Bonchev–Trinajstić information content (AvgIpc) is 3.28. The molecule has 0 aromatic heterocycles. The predicted molar refractivity (Wildman–Crippen MR) is 273 cm³/mol. The summed E-state index contributed by atoms with van der Waals surface area (Å²) < 4.78 is 5.94. The Balaban J connectivity index is 4.62. The molecule has 6 heteroatoms. The first-order valence-electron chi connectivity index (χ1n) is 27.7. The van der Waals surface area contributed by atoms with Crippen molar-refractivity contribution in [2.45, 2.75) is 309 Å². The number of carbonyl (C=O) groups is 2.